The summed E-state index contributed by atoms with van der Waals surface area (Å²) in [7, 11) is -3.15. The molecule has 138 valence electrons. The highest BCUT2D eigenvalue weighted by molar-refractivity contribution is 7.55. The van der Waals surface area contributed by atoms with Crippen LogP contribution in [0.2, 0.25) is 0 Å². The van der Waals surface area contributed by atoms with Gasteiger partial charge in [0.05, 0.1) is 13.2 Å². The van der Waals surface area contributed by atoms with Gasteiger partial charge in [0.25, 0.3) is 0 Å². The first kappa shape index (κ1) is 21.2. The fourth-order valence-corrected chi connectivity index (χ4v) is 5.48. The standard InChI is InChI=1S/C18H38NO3P/c1-5-7-14-21-23(20,22-15-8-6-2)18(19-16-17(3)4)12-10-9-11-13-18/h17,19H,5-16H2,1-4H3. The minimum atomic E-state index is -3.15. The van der Waals surface area contributed by atoms with E-state index in [0.717, 1.165) is 57.9 Å². The topological polar surface area (TPSA) is 47.6 Å². The molecule has 5 heteroatoms. The second-order valence-electron chi connectivity index (χ2n) is 7.24. The number of rotatable bonds is 12. The molecule has 0 aliphatic heterocycles. The predicted octanol–water partition coefficient (Wildman–Crippen LogP) is 5.72. The summed E-state index contributed by atoms with van der Waals surface area (Å²) in [6.07, 6.45) is 9.16. The van der Waals surface area contributed by atoms with Crippen LogP contribution in [0.25, 0.3) is 0 Å². The highest BCUT2D eigenvalue weighted by atomic mass is 31.2. The highest BCUT2D eigenvalue weighted by Gasteiger charge is 2.51. The molecular formula is C18H38NO3P. The van der Waals surface area contributed by atoms with Crippen LogP contribution in [0, 0.1) is 5.92 Å². The van der Waals surface area contributed by atoms with Gasteiger partial charge in [-0.1, -0.05) is 59.8 Å². The first-order chi connectivity index (χ1) is 11.0. The first-order valence-corrected chi connectivity index (χ1v) is 11.2. The van der Waals surface area contributed by atoms with Gasteiger partial charge in [-0.3, -0.25) is 4.57 Å². The van der Waals surface area contributed by atoms with Gasteiger partial charge < -0.3 is 14.4 Å². The largest absolute Gasteiger partial charge is 0.350 e. The van der Waals surface area contributed by atoms with E-state index >= 15 is 0 Å². The Kier molecular flexibility index (Phi) is 10.00. The zero-order chi connectivity index (χ0) is 17.2. The normalized spacial score (nSPS) is 18.5. The second kappa shape index (κ2) is 10.9. The van der Waals surface area contributed by atoms with Crippen LogP contribution in [0.1, 0.15) is 85.5 Å². The molecule has 0 aromatic carbocycles. The van der Waals surface area contributed by atoms with Gasteiger partial charge in [-0.05, 0) is 38.1 Å². The average Bonchev–Trinajstić information content (AvgIpc) is 2.54. The summed E-state index contributed by atoms with van der Waals surface area (Å²) in [4.78, 5) is 0. The van der Waals surface area contributed by atoms with Crippen molar-refractivity contribution in [1.82, 2.24) is 5.32 Å². The molecule has 0 spiro atoms. The van der Waals surface area contributed by atoms with Crippen molar-refractivity contribution in [2.75, 3.05) is 19.8 Å². The van der Waals surface area contributed by atoms with E-state index in [0.29, 0.717) is 19.1 Å². The van der Waals surface area contributed by atoms with Crippen molar-refractivity contribution in [2.45, 2.75) is 90.8 Å². The third-order valence-electron chi connectivity index (χ3n) is 4.56. The maximum absolute atomic E-state index is 13.7. The van der Waals surface area contributed by atoms with E-state index in [4.69, 9.17) is 9.05 Å². The van der Waals surface area contributed by atoms with Crippen molar-refractivity contribution in [2.24, 2.45) is 5.92 Å². The molecule has 0 aromatic rings. The quantitative estimate of drug-likeness (QED) is 0.362. The van der Waals surface area contributed by atoms with Gasteiger partial charge in [0.1, 0.15) is 5.28 Å². The van der Waals surface area contributed by atoms with E-state index in [9.17, 15) is 4.57 Å². The molecule has 4 nitrogen and oxygen atoms in total. The minimum absolute atomic E-state index is 0.475. The Bertz CT molecular complexity index is 340. The lowest BCUT2D eigenvalue weighted by Crippen LogP contribution is -2.48. The Labute approximate surface area is 143 Å². The van der Waals surface area contributed by atoms with E-state index < -0.39 is 12.9 Å². The van der Waals surface area contributed by atoms with Gasteiger partial charge in [0.2, 0.25) is 0 Å². The monoisotopic (exact) mass is 347 g/mol. The van der Waals surface area contributed by atoms with Crippen molar-refractivity contribution >= 4 is 7.60 Å². The van der Waals surface area contributed by atoms with Gasteiger partial charge in [0.15, 0.2) is 0 Å². The molecule has 0 unspecified atom stereocenters. The van der Waals surface area contributed by atoms with Crippen molar-refractivity contribution in [3.63, 3.8) is 0 Å². The van der Waals surface area contributed by atoms with Crippen LogP contribution in [0.3, 0.4) is 0 Å². The molecule has 0 radical (unpaired) electrons. The molecule has 0 amide bonds. The Balaban J connectivity index is 2.91. The van der Waals surface area contributed by atoms with Gasteiger partial charge in [-0.25, -0.2) is 0 Å². The Morgan fingerprint density at radius 3 is 1.96 bits per heavy atom. The third-order valence-corrected chi connectivity index (χ3v) is 7.26. The molecule has 1 fully saturated rings. The summed E-state index contributed by atoms with van der Waals surface area (Å²) in [5.41, 5.74) is 0. The third kappa shape index (κ3) is 6.49. The van der Waals surface area contributed by atoms with Crippen LogP contribution in [-0.4, -0.2) is 25.0 Å². The van der Waals surface area contributed by atoms with E-state index in [1.54, 1.807) is 0 Å². The zero-order valence-corrected chi connectivity index (χ0v) is 16.6. The lowest BCUT2D eigenvalue weighted by atomic mass is 9.94. The van der Waals surface area contributed by atoms with E-state index in [-0.39, 0.29) is 0 Å². The fraction of sp³-hybridized carbons (Fsp3) is 1.00. The van der Waals surface area contributed by atoms with Crippen LogP contribution in [0.4, 0.5) is 0 Å². The second-order valence-corrected chi connectivity index (χ2v) is 9.61. The molecule has 1 N–H and O–H groups in total. The molecular weight excluding hydrogens is 309 g/mol. The maximum atomic E-state index is 13.7. The minimum Gasteiger partial charge on any atom is -0.307 e. The van der Waals surface area contributed by atoms with Crippen LogP contribution in [0.5, 0.6) is 0 Å². The van der Waals surface area contributed by atoms with Gasteiger partial charge in [-0.2, -0.15) is 0 Å². The molecule has 23 heavy (non-hydrogen) atoms. The van der Waals surface area contributed by atoms with Crippen molar-refractivity contribution in [3.05, 3.63) is 0 Å². The Morgan fingerprint density at radius 1 is 1.00 bits per heavy atom. The van der Waals surface area contributed by atoms with Crippen LogP contribution in [-0.2, 0) is 13.6 Å². The molecule has 1 saturated carbocycles. The molecule has 0 aromatic heterocycles. The van der Waals surface area contributed by atoms with Gasteiger partial charge >= 0.3 is 7.60 Å². The molecule has 0 saturated heterocycles. The SMILES string of the molecule is CCCCOP(=O)(OCCCC)C1(NCC(C)C)CCCCC1. The van der Waals surface area contributed by atoms with Crippen LogP contribution in [0.15, 0.2) is 0 Å². The smallest absolute Gasteiger partial charge is 0.307 e. The lowest BCUT2D eigenvalue weighted by Gasteiger charge is -2.43. The fourth-order valence-electron chi connectivity index (χ4n) is 3.02. The van der Waals surface area contributed by atoms with E-state index in [1.807, 2.05) is 0 Å². The molecule has 0 bridgehead atoms. The van der Waals surface area contributed by atoms with Crippen molar-refractivity contribution in [1.29, 1.82) is 0 Å². The molecule has 1 aliphatic rings. The van der Waals surface area contributed by atoms with Crippen LogP contribution < -0.4 is 5.32 Å². The Morgan fingerprint density at radius 2 is 1.52 bits per heavy atom. The van der Waals surface area contributed by atoms with E-state index in [2.05, 4.69) is 33.0 Å². The van der Waals surface area contributed by atoms with Crippen molar-refractivity contribution in [3.8, 4) is 0 Å². The van der Waals surface area contributed by atoms with E-state index in [1.165, 1.54) is 6.42 Å². The number of hydrogen-bond donors (Lipinski definition) is 1. The summed E-state index contributed by atoms with van der Waals surface area (Å²) in [6, 6.07) is 0. The summed E-state index contributed by atoms with van der Waals surface area (Å²) >= 11 is 0. The summed E-state index contributed by atoms with van der Waals surface area (Å²) in [5.74, 6) is 0.522. The molecule has 1 rings (SSSR count). The first-order valence-electron chi connectivity index (χ1n) is 9.64. The zero-order valence-electron chi connectivity index (χ0n) is 15.7. The van der Waals surface area contributed by atoms with Crippen molar-refractivity contribution < 1.29 is 13.6 Å². The number of hydrogen-bond acceptors (Lipinski definition) is 4. The Hall–Kier alpha value is 0.110. The summed E-state index contributed by atoms with van der Waals surface area (Å²) in [5, 5.41) is 3.14. The molecule has 1 aliphatic carbocycles. The summed E-state index contributed by atoms with van der Waals surface area (Å²) in [6.45, 7) is 10.5. The number of unbranched alkanes of at least 4 members (excludes halogenated alkanes) is 2. The molecule has 0 atom stereocenters. The highest BCUT2D eigenvalue weighted by Crippen LogP contribution is 2.63. The number of nitrogens with one attached hydrogen (secondary N) is 1. The van der Waals surface area contributed by atoms with Crippen LogP contribution >= 0.6 is 7.60 Å². The van der Waals surface area contributed by atoms with Gasteiger partial charge in [0, 0.05) is 0 Å². The maximum Gasteiger partial charge on any atom is 0.350 e. The lowest BCUT2D eigenvalue weighted by molar-refractivity contribution is 0.152. The predicted molar refractivity (Wildman–Crippen MR) is 98.0 cm³/mol. The molecule has 0 heterocycles. The van der Waals surface area contributed by atoms with Gasteiger partial charge in [-0.15, -0.1) is 0 Å². The summed E-state index contributed by atoms with van der Waals surface area (Å²) < 4.78 is 25.7. The average molecular weight is 347 g/mol.